The molecule has 0 bridgehead atoms. The summed E-state index contributed by atoms with van der Waals surface area (Å²) in [6.45, 7) is -0.160. The van der Waals surface area contributed by atoms with Crippen LogP contribution in [0.1, 0.15) is 30.9 Å². The third-order valence-electron chi connectivity index (χ3n) is 4.51. The molecule has 3 unspecified atom stereocenters. The molecule has 0 heterocycles. The van der Waals surface area contributed by atoms with E-state index in [0.717, 1.165) is 25.0 Å². The fourth-order valence-corrected chi connectivity index (χ4v) is 3.46. The molecule has 0 aliphatic heterocycles. The summed E-state index contributed by atoms with van der Waals surface area (Å²) in [6.07, 6.45) is 2.00. The van der Waals surface area contributed by atoms with Crippen molar-refractivity contribution in [3.05, 3.63) is 35.4 Å². The van der Waals surface area contributed by atoms with Crippen LogP contribution < -0.4 is 5.32 Å². The number of fused-ring (bicyclic) bond motifs is 1. The molecule has 0 saturated heterocycles. The van der Waals surface area contributed by atoms with Gasteiger partial charge in [-0.2, -0.15) is 0 Å². The minimum Gasteiger partial charge on any atom is -0.386 e. The lowest BCUT2D eigenvalue weighted by atomic mass is 10.1. The lowest BCUT2D eigenvalue weighted by Gasteiger charge is -2.14. The maximum Gasteiger partial charge on any atom is 0.223 e. The molecule has 5 heteroatoms. The van der Waals surface area contributed by atoms with Crippen molar-refractivity contribution < 1.29 is 18.7 Å². The Labute approximate surface area is 116 Å². The highest BCUT2D eigenvalue weighted by Gasteiger charge is 2.56. The first-order chi connectivity index (χ1) is 9.59. The van der Waals surface area contributed by atoms with Gasteiger partial charge in [0.15, 0.2) is 0 Å². The van der Waals surface area contributed by atoms with Gasteiger partial charge in [-0.05, 0) is 36.8 Å². The van der Waals surface area contributed by atoms with Crippen molar-refractivity contribution >= 4 is 5.91 Å². The minimum absolute atomic E-state index is 0.0430. The molecule has 0 spiro atoms. The largest absolute Gasteiger partial charge is 0.386 e. The molecule has 2 N–H and O–H groups in total. The first-order valence-electron chi connectivity index (χ1n) is 6.99. The summed E-state index contributed by atoms with van der Waals surface area (Å²) < 4.78 is 26.9. The van der Waals surface area contributed by atoms with E-state index >= 15 is 0 Å². The average Bonchev–Trinajstić information content (AvgIpc) is 2.89. The summed E-state index contributed by atoms with van der Waals surface area (Å²) in [6, 6.07) is 3.42. The van der Waals surface area contributed by atoms with Crippen molar-refractivity contribution in [2.45, 2.75) is 25.4 Å². The van der Waals surface area contributed by atoms with E-state index in [0.29, 0.717) is 11.8 Å². The third kappa shape index (κ3) is 2.30. The number of hydrogen-bond donors (Lipinski definition) is 2. The van der Waals surface area contributed by atoms with E-state index in [2.05, 4.69) is 5.32 Å². The second kappa shape index (κ2) is 5.13. The van der Waals surface area contributed by atoms with Crippen molar-refractivity contribution in [3.63, 3.8) is 0 Å². The predicted octanol–water partition coefficient (Wildman–Crippen LogP) is 2.16. The zero-order valence-electron chi connectivity index (χ0n) is 11.0. The Morgan fingerprint density at radius 3 is 2.50 bits per heavy atom. The van der Waals surface area contributed by atoms with Gasteiger partial charge in [-0.25, -0.2) is 8.78 Å². The number of carbonyl (C=O) groups excluding carboxylic acids is 1. The molecule has 3 nitrogen and oxygen atoms in total. The standard InChI is InChI=1S/C15H17F2NO2/c16-10-5-2-6-11(17)14(10)12(19)7-18-15(20)13-8-3-1-4-9(8)13/h2,5-6,8-9,12-13,19H,1,3-4,7H2,(H,18,20). The predicted molar refractivity (Wildman–Crippen MR) is 68.6 cm³/mol. The highest BCUT2D eigenvalue weighted by molar-refractivity contribution is 5.82. The van der Waals surface area contributed by atoms with Gasteiger partial charge in [0.1, 0.15) is 17.7 Å². The molecule has 1 aromatic rings. The van der Waals surface area contributed by atoms with E-state index < -0.39 is 17.7 Å². The lowest BCUT2D eigenvalue weighted by molar-refractivity contribution is -0.123. The van der Waals surface area contributed by atoms with Crippen molar-refractivity contribution in [2.24, 2.45) is 17.8 Å². The Bertz CT molecular complexity index is 504. The highest BCUT2D eigenvalue weighted by atomic mass is 19.1. The van der Waals surface area contributed by atoms with Gasteiger partial charge < -0.3 is 10.4 Å². The van der Waals surface area contributed by atoms with Crippen LogP contribution in [-0.4, -0.2) is 17.6 Å². The first-order valence-corrected chi connectivity index (χ1v) is 6.99. The van der Waals surface area contributed by atoms with Crippen molar-refractivity contribution in [2.75, 3.05) is 6.54 Å². The molecule has 20 heavy (non-hydrogen) atoms. The summed E-state index contributed by atoms with van der Waals surface area (Å²) in [7, 11) is 0. The molecule has 2 aliphatic rings. The number of hydrogen-bond acceptors (Lipinski definition) is 2. The fourth-order valence-electron chi connectivity index (χ4n) is 3.46. The normalized spacial score (nSPS) is 28.9. The summed E-state index contributed by atoms with van der Waals surface area (Å²) in [4.78, 5) is 11.9. The van der Waals surface area contributed by atoms with Gasteiger partial charge >= 0.3 is 0 Å². The van der Waals surface area contributed by atoms with Gasteiger partial charge in [0.05, 0.1) is 5.56 Å². The Hall–Kier alpha value is -1.49. The van der Waals surface area contributed by atoms with Crippen LogP contribution in [-0.2, 0) is 4.79 Å². The number of halogens is 2. The summed E-state index contributed by atoms with van der Waals surface area (Å²) in [5.41, 5.74) is -0.385. The van der Waals surface area contributed by atoms with E-state index in [9.17, 15) is 18.7 Å². The maximum absolute atomic E-state index is 13.5. The van der Waals surface area contributed by atoms with Crippen molar-refractivity contribution in [1.29, 1.82) is 0 Å². The van der Waals surface area contributed by atoms with Crippen LogP contribution in [0.15, 0.2) is 18.2 Å². The molecular weight excluding hydrogens is 264 g/mol. The van der Waals surface area contributed by atoms with Gasteiger partial charge in [0.25, 0.3) is 0 Å². The minimum atomic E-state index is -1.36. The van der Waals surface area contributed by atoms with Crippen molar-refractivity contribution in [3.8, 4) is 0 Å². The monoisotopic (exact) mass is 281 g/mol. The summed E-state index contributed by atoms with van der Waals surface area (Å²) in [5.74, 6) is -0.684. The van der Waals surface area contributed by atoms with Crippen LogP contribution in [0, 0.1) is 29.4 Å². The van der Waals surface area contributed by atoms with Gasteiger partial charge in [0, 0.05) is 12.5 Å². The number of aliphatic hydroxyl groups excluding tert-OH is 1. The Balaban J connectivity index is 1.57. The topological polar surface area (TPSA) is 49.3 Å². The number of nitrogens with one attached hydrogen (secondary N) is 1. The van der Waals surface area contributed by atoms with E-state index in [1.165, 1.54) is 12.5 Å². The van der Waals surface area contributed by atoms with Crippen LogP contribution in [0.3, 0.4) is 0 Å². The SMILES string of the molecule is O=C(NCC(O)c1c(F)cccc1F)C1C2CCCC21. The molecule has 3 rings (SSSR count). The van der Waals surface area contributed by atoms with E-state index in [1.54, 1.807) is 0 Å². The van der Waals surface area contributed by atoms with E-state index in [4.69, 9.17) is 0 Å². The number of carbonyl (C=O) groups is 1. The molecule has 0 radical (unpaired) electrons. The second-order valence-corrected chi connectivity index (χ2v) is 5.68. The molecule has 2 fully saturated rings. The Kier molecular flexibility index (Phi) is 3.46. The van der Waals surface area contributed by atoms with Crippen LogP contribution in [0.5, 0.6) is 0 Å². The van der Waals surface area contributed by atoms with Crippen LogP contribution in [0.25, 0.3) is 0 Å². The molecular formula is C15H17F2NO2. The molecule has 108 valence electrons. The number of aliphatic hydroxyl groups is 1. The molecule has 1 amide bonds. The van der Waals surface area contributed by atoms with Crippen molar-refractivity contribution in [1.82, 2.24) is 5.32 Å². The molecule has 1 aromatic carbocycles. The van der Waals surface area contributed by atoms with Gasteiger partial charge in [-0.3, -0.25) is 4.79 Å². The smallest absolute Gasteiger partial charge is 0.223 e. The Morgan fingerprint density at radius 1 is 1.30 bits per heavy atom. The first kappa shape index (κ1) is 13.5. The van der Waals surface area contributed by atoms with Crippen LogP contribution in [0.4, 0.5) is 8.78 Å². The zero-order valence-corrected chi connectivity index (χ0v) is 11.0. The van der Waals surface area contributed by atoms with Crippen LogP contribution in [0.2, 0.25) is 0 Å². The number of benzene rings is 1. The molecule has 3 atom stereocenters. The number of rotatable bonds is 4. The van der Waals surface area contributed by atoms with Gasteiger partial charge in [-0.1, -0.05) is 12.5 Å². The molecule has 0 aromatic heterocycles. The van der Waals surface area contributed by atoms with Gasteiger partial charge in [0.2, 0.25) is 5.91 Å². The third-order valence-corrected chi connectivity index (χ3v) is 4.51. The fraction of sp³-hybridized carbons (Fsp3) is 0.533. The summed E-state index contributed by atoms with van der Waals surface area (Å²) in [5, 5.41) is 12.4. The zero-order chi connectivity index (χ0) is 14.3. The van der Waals surface area contributed by atoms with E-state index in [1.807, 2.05) is 0 Å². The molecule has 2 saturated carbocycles. The van der Waals surface area contributed by atoms with Crippen LogP contribution >= 0.6 is 0 Å². The maximum atomic E-state index is 13.5. The second-order valence-electron chi connectivity index (χ2n) is 5.68. The van der Waals surface area contributed by atoms with Gasteiger partial charge in [-0.15, -0.1) is 0 Å². The summed E-state index contributed by atoms with van der Waals surface area (Å²) >= 11 is 0. The molecule has 2 aliphatic carbocycles. The number of amides is 1. The van der Waals surface area contributed by atoms with E-state index in [-0.39, 0.29) is 23.9 Å². The Morgan fingerprint density at radius 2 is 1.90 bits per heavy atom. The highest BCUT2D eigenvalue weighted by Crippen LogP contribution is 2.57. The average molecular weight is 281 g/mol. The quantitative estimate of drug-likeness (QED) is 0.888. The lowest BCUT2D eigenvalue weighted by Crippen LogP contribution is -2.31.